The van der Waals surface area contributed by atoms with E-state index in [9.17, 15) is 4.79 Å². The van der Waals surface area contributed by atoms with Gasteiger partial charge in [-0.1, -0.05) is 26.0 Å². The van der Waals surface area contributed by atoms with Crippen LogP contribution in [0.4, 0.5) is 5.69 Å². The number of anilines is 1. The van der Waals surface area contributed by atoms with Gasteiger partial charge in [-0.15, -0.1) is 0 Å². The third-order valence-electron chi connectivity index (χ3n) is 4.98. The minimum Gasteiger partial charge on any atom is -0.497 e. The van der Waals surface area contributed by atoms with Crippen molar-refractivity contribution in [2.75, 3.05) is 44.8 Å². The Kier molecular flexibility index (Phi) is 6.22. The molecule has 1 heterocycles. The molecule has 1 aliphatic heterocycles. The summed E-state index contributed by atoms with van der Waals surface area (Å²) >= 11 is 0. The van der Waals surface area contributed by atoms with Gasteiger partial charge in [0.2, 0.25) is 0 Å². The second kappa shape index (κ2) is 8.80. The van der Waals surface area contributed by atoms with E-state index in [1.165, 1.54) is 5.56 Å². The van der Waals surface area contributed by atoms with Crippen LogP contribution in [0.25, 0.3) is 0 Å². The Morgan fingerprint density at radius 1 is 0.926 bits per heavy atom. The lowest BCUT2D eigenvalue weighted by atomic mass is 10.0. The van der Waals surface area contributed by atoms with Crippen LogP contribution < -0.4 is 14.4 Å². The summed E-state index contributed by atoms with van der Waals surface area (Å²) in [6.07, 6.45) is 0. The van der Waals surface area contributed by atoms with Crippen molar-refractivity contribution in [3.8, 4) is 11.5 Å². The summed E-state index contributed by atoms with van der Waals surface area (Å²) < 4.78 is 10.9. The maximum Gasteiger partial charge on any atom is 0.260 e. The first kappa shape index (κ1) is 19.1. The number of carbonyl (C=O) groups is 1. The molecule has 2 aromatic rings. The highest BCUT2D eigenvalue weighted by Gasteiger charge is 2.21. The average Bonchev–Trinajstić information content (AvgIpc) is 2.72. The van der Waals surface area contributed by atoms with Crippen molar-refractivity contribution in [3.05, 3.63) is 54.1 Å². The van der Waals surface area contributed by atoms with E-state index in [0.717, 1.165) is 30.3 Å². The molecular weight excluding hydrogens is 340 g/mol. The lowest BCUT2D eigenvalue weighted by molar-refractivity contribution is -0.133. The maximum absolute atomic E-state index is 12.4. The zero-order valence-electron chi connectivity index (χ0n) is 16.4. The monoisotopic (exact) mass is 368 g/mol. The van der Waals surface area contributed by atoms with Crippen molar-refractivity contribution < 1.29 is 14.3 Å². The molecule has 2 aromatic carbocycles. The second-order valence-electron chi connectivity index (χ2n) is 7.08. The van der Waals surface area contributed by atoms with Crippen molar-refractivity contribution in [2.24, 2.45) is 0 Å². The maximum atomic E-state index is 12.4. The number of rotatable bonds is 6. The van der Waals surface area contributed by atoms with Crippen molar-refractivity contribution in [3.63, 3.8) is 0 Å². The van der Waals surface area contributed by atoms with Crippen molar-refractivity contribution >= 4 is 11.6 Å². The topological polar surface area (TPSA) is 42.0 Å². The van der Waals surface area contributed by atoms with Gasteiger partial charge in [-0.25, -0.2) is 0 Å². The van der Waals surface area contributed by atoms with Crippen LogP contribution in [0.3, 0.4) is 0 Å². The van der Waals surface area contributed by atoms with Gasteiger partial charge < -0.3 is 19.3 Å². The second-order valence-corrected chi connectivity index (χ2v) is 7.08. The summed E-state index contributed by atoms with van der Waals surface area (Å²) in [4.78, 5) is 16.6. The Balaban J connectivity index is 1.46. The number of hydrogen-bond donors (Lipinski definition) is 0. The van der Waals surface area contributed by atoms with Crippen LogP contribution in [0.5, 0.6) is 11.5 Å². The van der Waals surface area contributed by atoms with Crippen LogP contribution >= 0.6 is 0 Å². The standard InChI is InChI=1S/C22H28N2O3/c1-17(2)18-4-8-21(9-5-18)27-16-22(25)24-14-12-23(13-15-24)19-6-10-20(26-3)11-7-19/h4-11,17H,12-16H2,1-3H3. The van der Waals surface area contributed by atoms with E-state index in [4.69, 9.17) is 9.47 Å². The van der Waals surface area contributed by atoms with Crippen LogP contribution in [0.1, 0.15) is 25.3 Å². The predicted molar refractivity (Wildman–Crippen MR) is 108 cm³/mol. The molecule has 0 spiro atoms. The summed E-state index contributed by atoms with van der Waals surface area (Å²) in [5.41, 5.74) is 2.42. The van der Waals surface area contributed by atoms with E-state index in [2.05, 4.69) is 43.0 Å². The molecular formula is C22H28N2O3. The van der Waals surface area contributed by atoms with Gasteiger partial charge in [-0.3, -0.25) is 4.79 Å². The van der Waals surface area contributed by atoms with Gasteiger partial charge in [0.1, 0.15) is 11.5 Å². The number of carbonyl (C=O) groups excluding carboxylic acids is 1. The molecule has 144 valence electrons. The summed E-state index contributed by atoms with van der Waals surface area (Å²) in [6.45, 7) is 7.46. The average molecular weight is 368 g/mol. The van der Waals surface area contributed by atoms with Gasteiger partial charge in [0, 0.05) is 31.9 Å². The van der Waals surface area contributed by atoms with Crippen LogP contribution in [0.2, 0.25) is 0 Å². The summed E-state index contributed by atoms with van der Waals surface area (Å²) in [5, 5.41) is 0. The first-order valence-electron chi connectivity index (χ1n) is 9.46. The molecule has 0 bridgehead atoms. The molecule has 0 aliphatic carbocycles. The minimum absolute atomic E-state index is 0.0392. The first-order chi connectivity index (χ1) is 13.1. The van der Waals surface area contributed by atoms with Crippen molar-refractivity contribution in [1.82, 2.24) is 4.90 Å². The normalized spacial score (nSPS) is 14.4. The highest BCUT2D eigenvalue weighted by atomic mass is 16.5. The van der Waals surface area contributed by atoms with E-state index in [0.29, 0.717) is 19.0 Å². The van der Waals surface area contributed by atoms with Crippen LogP contribution in [0.15, 0.2) is 48.5 Å². The smallest absolute Gasteiger partial charge is 0.260 e. The van der Waals surface area contributed by atoms with Gasteiger partial charge in [0.15, 0.2) is 6.61 Å². The zero-order valence-corrected chi connectivity index (χ0v) is 16.4. The van der Waals surface area contributed by atoms with Crippen molar-refractivity contribution in [1.29, 1.82) is 0 Å². The van der Waals surface area contributed by atoms with Gasteiger partial charge in [0.05, 0.1) is 7.11 Å². The van der Waals surface area contributed by atoms with Crippen molar-refractivity contribution in [2.45, 2.75) is 19.8 Å². The number of amides is 1. The van der Waals surface area contributed by atoms with Gasteiger partial charge >= 0.3 is 0 Å². The number of hydrogen-bond acceptors (Lipinski definition) is 4. The van der Waals surface area contributed by atoms with E-state index in [-0.39, 0.29) is 12.5 Å². The molecule has 27 heavy (non-hydrogen) atoms. The van der Waals surface area contributed by atoms with E-state index in [1.54, 1.807) is 7.11 Å². The lowest BCUT2D eigenvalue weighted by Gasteiger charge is -2.36. The molecule has 0 aromatic heterocycles. The van der Waals surface area contributed by atoms with Crippen LogP contribution in [-0.2, 0) is 4.79 Å². The summed E-state index contributed by atoms with van der Waals surface area (Å²) in [6, 6.07) is 16.0. The minimum atomic E-state index is 0.0392. The van der Waals surface area contributed by atoms with E-state index >= 15 is 0 Å². The van der Waals surface area contributed by atoms with Gasteiger partial charge in [-0.2, -0.15) is 0 Å². The molecule has 1 aliphatic rings. The quantitative estimate of drug-likeness (QED) is 0.782. The third kappa shape index (κ3) is 4.94. The Hall–Kier alpha value is -2.69. The first-order valence-corrected chi connectivity index (χ1v) is 9.46. The predicted octanol–water partition coefficient (Wildman–Crippen LogP) is 3.55. The van der Waals surface area contributed by atoms with E-state index < -0.39 is 0 Å². The molecule has 0 saturated carbocycles. The fraction of sp³-hybridized carbons (Fsp3) is 0.409. The number of ether oxygens (including phenoxy) is 2. The Labute approximate surface area is 161 Å². The number of piperazine rings is 1. The molecule has 0 atom stereocenters. The molecule has 0 radical (unpaired) electrons. The Bertz CT molecular complexity index is 733. The molecule has 3 rings (SSSR count). The number of methoxy groups -OCH3 is 1. The Morgan fingerprint density at radius 2 is 1.52 bits per heavy atom. The van der Waals surface area contributed by atoms with E-state index in [1.807, 2.05) is 29.2 Å². The Morgan fingerprint density at radius 3 is 2.07 bits per heavy atom. The molecule has 5 nitrogen and oxygen atoms in total. The molecule has 0 unspecified atom stereocenters. The van der Waals surface area contributed by atoms with Gasteiger partial charge in [0.25, 0.3) is 5.91 Å². The zero-order chi connectivity index (χ0) is 19.2. The highest BCUT2D eigenvalue weighted by Crippen LogP contribution is 2.21. The van der Waals surface area contributed by atoms with Crippen LogP contribution in [-0.4, -0.2) is 50.7 Å². The third-order valence-corrected chi connectivity index (χ3v) is 4.98. The highest BCUT2D eigenvalue weighted by molar-refractivity contribution is 5.78. The molecule has 1 fully saturated rings. The molecule has 1 amide bonds. The fourth-order valence-electron chi connectivity index (χ4n) is 3.19. The summed E-state index contributed by atoms with van der Waals surface area (Å²) in [5.74, 6) is 2.12. The SMILES string of the molecule is COc1ccc(N2CCN(C(=O)COc3ccc(C(C)C)cc3)CC2)cc1. The molecule has 0 N–H and O–H groups in total. The fourth-order valence-corrected chi connectivity index (χ4v) is 3.19. The largest absolute Gasteiger partial charge is 0.497 e. The van der Waals surface area contributed by atoms with Gasteiger partial charge in [-0.05, 0) is 47.9 Å². The number of benzene rings is 2. The molecule has 1 saturated heterocycles. The number of nitrogens with zero attached hydrogens (tertiary/aromatic N) is 2. The van der Waals surface area contributed by atoms with Crippen LogP contribution in [0, 0.1) is 0 Å². The molecule has 5 heteroatoms. The lowest BCUT2D eigenvalue weighted by Crippen LogP contribution is -2.50. The summed E-state index contributed by atoms with van der Waals surface area (Å²) in [7, 11) is 1.67.